The van der Waals surface area contributed by atoms with Gasteiger partial charge >= 0.3 is 0 Å². The van der Waals surface area contributed by atoms with Gasteiger partial charge in [0.2, 0.25) is 5.91 Å². The second-order valence-corrected chi connectivity index (χ2v) is 8.19. The van der Waals surface area contributed by atoms with Gasteiger partial charge in [0.1, 0.15) is 5.75 Å². The Bertz CT molecular complexity index is 883. The SMILES string of the molecule is Cc1cccc(OCCCCC(=O)Nc2cccc(C(=O)N3CCC[C@H](CO)C3)c2)c1. The summed E-state index contributed by atoms with van der Waals surface area (Å²) in [5.74, 6) is 0.876. The van der Waals surface area contributed by atoms with E-state index in [9.17, 15) is 14.7 Å². The molecular formula is C25H32N2O4. The zero-order valence-electron chi connectivity index (χ0n) is 18.2. The number of likely N-dealkylation sites (tertiary alicyclic amines) is 1. The fraction of sp³-hybridized carbons (Fsp3) is 0.440. The minimum Gasteiger partial charge on any atom is -0.494 e. The van der Waals surface area contributed by atoms with Crippen LogP contribution in [0.5, 0.6) is 5.75 Å². The van der Waals surface area contributed by atoms with Crippen LogP contribution in [0, 0.1) is 12.8 Å². The van der Waals surface area contributed by atoms with Gasteiger partial charge in [0.05, 0.1) is 6.61 Å². The third kappa shape index (κ3) is 7.10. The monoisotopic (exact) mass is 424 g/mol. The van der Waals surface area contributed by atoms with Gasteiger partial charge in [-0.25, -0.2) is 0 Å². The van der Waals surface area contributed by atoms with Crippen LogP contribution in [0.1, 0.15) is 48.0 Å². The van der Waals surface area contributed by atoms with Crippen LogP contribution in [-0.2, 0) is 4.79 Å². The molecule has 166 valence electrons. The number of piperidine rings is 1. The van der Waals surface area contributed by atoms with E-state index >= 15 is 0 Å². The Morgan fingerprint density at radius 3 is 2.81 bits per heavy atom. The number of aryl methyl sites for hydroxylation is 1. The highest BCUT2D eigenvalue weighted by Gasteiger charge is 2.24. The normalized spacial score (nSPS) is 16.1. The standard InChI is InChI=1S/C25H32N2O4/c1-19-7-4-11-23(15-19)31-14-3-2-12-24(29)26-22-10-5-9-21(16-22)25(30)27-13-6-8-20(17-27)18-28/h4-5,7,9-11,15-16,20,28H,2-3,6,8,12-14,17-18H2,1H3,(H,26,29)/t20-/m0/s1. The first-order valence-electron chi connectivity index (χ1n) is 11.0. The van der Waals surface area contributed by atoms with Gasteiger partial charge in [0.25, 0.3) is 5.91 Å². The molecule has 0 aliphatic carbocycles. The Kier molecular flexibility index (Phi) is 8.47. The van der Waals surface area contributed by atoms with Gasteiger partial charge in [-0.05, 0) is 74.4 Å². The topological polar surface area (TPSA) is 78.9 Å². The molecule has 1 saturated heterocycles. The van der Waals surface area contributed by atoms with Crippen molar-refractivity contribution < 1.29 is 19.4 Å². The molecule has 2 N–H and O–H groups in total. The lowest BCUT2D eigenvalue weighted by molar-refractivity contribution is -0.116. The number of amides is 2. The summed E-state index contributed by atoms with van der Waals surface area (Å²) in [5.41, 5.74) is 2.34. The van der Waals surface area contributed by atoms with E-state index in [0.717, 1.165) is 37.0 Å². The molecule has 3 rings (SSSR count). The molecule has 6 nitrogen and oxygen atoms in total. The van der Waals surface area contributed by atoms with E-state index < -0.39 is 0 Å². The van der Waals surface area contributed by atoms with E-state index in [2.05, 4.69) is 5.32 Å². The van der Waals surface area contributed by atoms with Crippen molar-refractivity contribution in [2.24, 2.45) is 5.92 Å². The summed E-state index contributed by atoms with van der Waals surface area (Å²) < 4.78 is 5.71. The van der Waals surface area contributed by atoms with Crippen LogP contribution in [0.4, 0.5) is 5.69 Å². The number of carbonyl (C=O) groups is 2. The number of benzene rings is 2. The van der Waals surface area contributed by atoms with E-state index in [-0.39, 0.29) is 24.3 Å². The molecule has 2 aromatic rings. The van der Waals surface area contributed by atoms with Crippen LogP contribution in [0.2, 0.25) is 0 Å². The molecule has 0 spiro atoms. The fourth-order valence-corrected chi connectivity index (χ4v) is 3.82. The van der Waals surface area contributed by atoms with Crippen molar-refractivity contribution in [3.8, 4) is 5.75 Å². The van der Waals surface area contributed by atoms with Gasteiger partial charge < -0.3 is 20.1 Å². The lowest BCUT2D eigenvalue weighted by Gasteiger charge is -2.32. The molecule has 1 atom stereocenters. The summed E-state index contributed by atoms with van der Waals surface area (Å²) in [5, 5.41) is 12.3. The van der Waals surface area contributed by atoms with Gasteiger partial charge in [-0.15, -0.1) is 0 Å². The van der Waals surface area contributed by atoms with Crippen molar-refractivity contribution in [3.63, 3.8) is 0 Å². The molecule has 2 amide bonds. The first-order valence-corrected chi connectivity index (χ1v) is 11.0. The quantitative estimate of drug-likeness (QED) is 0.596. The summed E-state index contributed by atoms with van der Waals surface area (Å²) in [6.07, 6.45) is 3.78. The number of aliphatic hydroxyl groups is 1. The predicted octanol–water partition coefficient (Wildman–Crippen LogP) is 4.03. The summed E-state index contributed by atoms with van der Waals surface area (Å²) in [6, 6.07) is 15.0. The average Bonchev–Trinajstić information content (AvgIpc) is 2.78. The summed E-state index contributed by atoms with van der Waals surface area (Å²) >= 11 is 0. The number of ether oxygens (including phenoxy) is 1. The zero-order valence-corrected chi connectivity index (χ0v) is 18.2. The zero-order chi connectivity index (χ0) is 22.1. The Balaban J connectivity index is 1.42. The number of rotatable bonds is 9. The summed E-state index contributed by atoms with van der Waals surface area (Å²) in [7, 11) is 0. The van der Waals surface area contributed by atoms with Gasteiger partial charge in [0, 0.05) is 37.4 Å². The predicted molar refractivity (Wildman–Crippen MR) is 121 cm³/mol. The molecule has 0 unspecified atom stereocenters. The van der Waals surface area contributed by atoms with E-state index in [1.165, 1.54) is 0 Å². The number of unbranched alkanes of at least 4 members (excludes halogenated alkanes) is 1. The maximum Gasteiger partial charge on any atom is 0.253 e. The van der Waals surface area contributed by atoms with Crippen LogP contribution >= 0.6 is 0 Å². The highest BCUT2D eigenvalue weighted by atomic mass is 16.5. The second-order valence-electron chi connectivity index (χ2n) is 8.19. The van der Waals surface area contributed by atoms with Crippen LogP contribution < -0.4 is 10.1 Å². The molecule has 1 aliphatic heterocycles. The Labute approximate surface area is 184 Å². The van der Waals surface area contributed by atoms with E-state index in [1.54, 1.807) is 29.2 Å². The Morgan fingerprint density at radius 2 is 2.00 bits per heavy atom. The number of hydrogen-bond donors (Lipinski definition) is 2. The number of anilines is 1. The van der Waals surface area contributed by atoms with Gasteiger partial charge in [0.15, 0.2) is 0 Å². The minimum atomic E-state index is -0.0709. The maximum absolute atomic E-state index is 12.8. The molecule has 1 fully saturated rings. The molecule has 1 aliphatic rings. The van der Waals surface area contributed by atoms with E-state index in [1.807, 2.05) is 31.2 Å². The number of hydrogen-bond acceptors (Lipinski definition) is 4. The number of carbonyl (C=O) groups excluding carboxylic acids is 2. The highest BCUT2D eigenvalue weighted by Crippen LogP contribution is 2.20. The highest BCUT2D eigenvalue weighted by molar-refractivity contribution is 5.97. The Hall–Kier alpha value is -2.86. The first-order chi connectivity index (χ1) is 15.0. The molecule has 2 aromatic carbocycles. The average molecular weight is 425 g/mol. The molecule has 1 heterocycles. The van der Waals surface area contributed by atoms with E-state index in [4.69, 9.17) is 4.74 Å². The smallest absolute Gasteiger partial charge is 0.253 e. The van der Waals surface area contributed by atoms with Gasteiger partial charge in [-0.2, -0.15) is 0 Å². The third-order valence-corrected chi connectivity index (χ3v) is 5.51. The minimum absolute atomic E-state index is 0.0532. The molecule has 0 bridgehead atoms. The van der Waals surface area contributed by atoms with Crippen molar-refractivity contribution >= 4 is 17.5 Å². The van der Waals surface area contributed by atoms with Gasteiger partial charge in [-0.3, -0.25) is 9.59 Å². The number of nitrogens with one attached hydrogen (secondary N) is 1. The van der Waals surface area contributed by atoms with Crippen molar-refractivity contribution in [1.82, 2.24) is 4.90 Å². The number of aliphatic hydroxyl groups excluding tert-OH is 1. The van der Waals surface area contributed by atoms with Crippen molar-refractivity contribution in [2.45, 2.75) is 39.0 Å². The van der Waals surface area contributed by atoms with E-state index in [0.29, 0.717) is 37.4 Å². The largest absolute Gasteiger partial charge is 0.494 e. The maximum atomic E-state index is 12.8. The summed E-state index contributed by atoms with van der Waals surface area (Å²) in [4.78, 5) is 26.9. The molecule has 0 radical (unpaired) electrons. The van der Waals surface area contributed by atoms with Crippen LogP contribution in [0.25, 0.3) is 0 Å². The Morgan fingerprint density at radius 1 is 1.16 bits per heavy atom. The van der Waals surface area contributed by atoms with Crippen LogP contribution in [0.3, 0.4) is 0 Å². The molecule has 31 heavy (non-hydrogen) atoms. The molecule has 0 aromatic heterocycles. The molecular weight excluding hydrogens is 392 g/mol. The van der Waals surface area contributed by atoms with Crippen molar-refractivity contribution in [3.05, 3.63) is 59.7 Å². The second kappa shape index (κ2) is 11.5. The molecule has 0 saturated carbocycles. The summed E-state index contributed by atoms with van der Waals surface area (Å²) in [6.45, 7) is 3.99. The fourth-order valence-electron chi connectivity index (χ4n) is 3.82. The molecule has 6 heteroatoms. The van der Waals surface area contributed by atoms with Crippen LogP contribution in [-0.4, -0.2) is 48.1 Å². The van der Waals surface area contributed by atoms with Gasteiger partial charge in [-0.1, -0.05) is 18.2 Å². The lowest BCUT2D eigenvalue weighted by Crippen LogP contribution is -2.40. The van der Waals surface area contributed by atoms with Crippen LogP contribution in [0.15, 0.2) is 48.5 Å². The number of nitrogens with zero attached hydrogens (tertiary/aromatic N) is 1. The first kappa shape index (κ1) is 22.8. The third-order valence-electron chi connectivity index (χ3n) is 5.51. The van der Waals surface area contributed by atoms with Crippen molar-refractivity contribution in [2.75, 3.05) is 31.6 Å². The van der Waals surface area contributed by atoms with Crippen molar-refractivity contribution in [1.29, 1.82) is 0 Å². The lowest BCUT2D eigenvalue weighted by atomic mass is 9.98.